The minimum atomic E-state index is -0.656. The van der Waals surface area contributed by atoms with E-state index in [0.717, 1.165) is 5.56 Å². The maximum absolute atomic E-state index is 12.8. The Hall–Kier alpha value is -1.13. The number of hydrogen-bond acceptors (Lipinski definition) is 4. The number of fused-ring (bicyclic) bond motifs is 2. The second-order valence-electron chi connectivity index (χ2n) is 8.60. The van der Waals surface area contributed by atoms with E-state index in [0.29, 0.717) is 18.4 Å². The van der Waals surface area contributed by atoms with Crippen LogP contribution in [0.5, 0.6) is 0 Å². The standard InChI is InChI=1S/C22H32O3S/c1-7-24-21(23)20(25-22(4,5)6)19-14(3)26-13(2)18(19)17-12-15-8-10-16(17)11-9-15/h12,15-16,20H,7-11H2,1-6H3. The molecular formula is C22H32O3S. The Morgan fingerprint density at radius 1 is 1.19 bits per heavy atom. The van der Waals surface area contributed by atoms with Crippen molar-refractivity contribution in [2.75, 3.05) is 6.61 Å². The van der Waals surface area contributed by atoms with Crippen molar-refractivity contribution in [1.29, 1.82) is 0 Å². The summed E-state index contributed by atoms with van der Waals surface area (Å²) in [5.74, 6) is 1.06. The van der Waals surface area contributed by atoms with Gasteiger partial charge in [0.15, 0.2) is 6.10 Å². The van der Waals surface area contributed by atoms with Crippen LogP contribution in [0.1, 0.15) is 80.4 Å². The molecule has 4 rings (SSSR count). The smallest absolute Gasteiger partial charge is 0.340 e. The first-order valence-corrected chi connectivity index (χ1v) is 10.7. The van der Waals surface area contributed by atoms with E-state index in [9.17, 15) is 4.79 Å². The summed E-state index contributed by atoms with van der Waals surface area (Å²) in [6.07, 6.45) is 6.99. The first-order chi connectivity index (χ1) is 12.2. The van der Waals surface area contributed by atoms with Crippen LogP contribution < -0.4 is 0 Å². The highest BCUT2D eigenvalue weighted by molar-refractivity contribution is 7.12. The van der Waals surface area contributed by atoms with Crippen LogP contribution in [0, 0.1) is 25.7 Å². The van der Waals surface area contributed by atoms with Crippen LogP contribution in [-0.4, -0.2) is 18.2 Å². The van der Waals surface area contributed by atoms with Crippen LogP contribution in [0.2, 0.25) is 0 Å². The van der Waals surface area contributed by atoms with Gasteiger partial charge in [0.25, 0.3) is 0 Å². The van der Waals surface area contributed by atoms with E-state index >= 15 is 0 Å². The molecule has 0 N–H and O–H groups in total. The van der Waals surface area contributed by atoms with Crippen molar-refractivity contribution in [3.8, 4) is 0 Å². The number of thiophene rings is 1. The summed E-state index contributed by atoms with van der Waals surface area (Å²) in [7, 11) is 0. The van der Waals surface area contributed by atoms with Gasteiger partial charge < -0.3 is 9.47 Å². The van der Waals surface area contributed by atoms with Crippen LogP contribution in [0.25, 0.3) is 5.57 Å². The average Bonchev–Trinajstić information content (AvgIpc) is 2.87. The van der Waals surface area contributed by atoms with E-state index in [1.807, 2.05) is 27.7 Å². The predicted octanol–water partition coefficient (Wildman–Crippen LogP) is 5.99. The summed E-state index contributed by atoms with van der Waals surface area (Å²) in [4.78, 5) is 15.3. The molecule has 0 aliphatic heterocycles. The molecule has 1 heterocycles. The van der Waals surface area contributed by atoms with Crippen molar-refractivity contribution in [3.05, 3.63) is 27.0 Å². The summed E-state index contributed by atoms with van der Waals surface area (Å²) in [6.45, 7) is 12.5. The van der Waals surface area contributed by atoms with Crippen LogP contribution in [0.15, 0.2) is 6.08 Å². The lowest BCUT2D eigenvalue weighted by molar-refractivity contribution is -0.166. The summed E-state index contributed by atoms with van der Waals surface area (Å²) < 4.78 is 11.6. The molecule has 1 fully saturated rings. The summed E-state index contributed by atoms with van der Waals surface area (Å²) in [5.41, 5.74) is 3.34. The Balaban J connectivity index is 2.09. The van der Waals surface area contributed by atoms with Crippen molar-refractivity contribution in [2.45, 2.75) is 78.9 Å². The molecule has 26 heavy (non-hydrogen) atoms. The SMILES string of the molecule is CCOC(=O)C(OC(C)(C)C)c1c(C)sc(C)c1C1=CC2CCC1CC2. The van der Waals surface area contributed by atoms with Crippen molar-refractivity contribution in [3.63, 3.8) is 0 Å². The normalized spacial score (nSPS) is 23.7. The van der Waals surface area contributed by atoms with Gasteiger partial charge in [-0.1, -0.05) is 6.08 Å². The molecule has 144 valence electrons. The number of ether oxygens (including phenoxy) is 2. The number of carbonyl (C=O) groups is 1. The van der Waals surface area contributed by atoms with Gasteiger partial charge >= 0.3 is 5.97 Å². The number of esters is 1. The zero-order valence-corrected chi connectivity index (χ0v) is 17.8. The van der Waals surface area contributed by atoms with E-state index in [4.69, 9.17) is 9.47 Å². The average molecular weight is 377 g/mol. The lowest BCUT2D eigenvalue weighted by atomic mass is 9.69. The van der Waals surface area contributed by atoms with Gasteiger partial charge in [0.05, 0.1) is 12.2 Å². The molecule has 0 saturated heterocycles. The van der Waals surface area contributed by atoms with Gasteiger partial charge in [-0.3, -0.25) is 0 Å². The minimum Gasteiger partial charge on any atom is -0.464 e. The largest absolute Gasteiger partial charge is 0.464 e. The lowest BCUT2D eigenvalue weighted by Crippen LogP contribution is -2.30. The Morgan fingerprint density at radius 2 is 1.85 bits per heavy atom. The number of allylic oxidation sites excluding steroid dienone is 2. The fourth-order valence-corrected chi connectivity index (χ4v) is 5.55. The molecule has 0 spiro atoms. The fourth-order valence-electron chi connectivity index (χ4n) is 4.45. The molecule has 1 saturated carbocycles. The molecule has 3 aliphatic rings. The third kappa shape index (κ3) is 3.91. The molecule has 3 aliphatic carbocycles. The minimum absolute atomic E-state index is 0.272. The van der Waals surface area contributed by atoms with Gasteiger partial charge in [0.2, 0.25) is 0 Å². The van der Waals surface area contributed by atoms with Gasteiger partial charge in [-0.25, -0.2) is 4.79 Å². The molecule has 0 amide bonds. The summed E-state index contributed by atoms with van der Waals surface area (Å²) >= 11 is 1.78. The molecule has 3 nitrogen and oxygen atoms in total. The summed E-state index contributed by atoms with van der Waals surface area (Å²) in [5, 5.41) is 0. The maximum atomic E-state index is 12.8. The molecule has 1 aromatic heterocycles. The highest BCUT2D eigenvalue weighted by atomic mass is 32.1. The van der Waals surface area contributed by atoms with Crippen molar-refractivity contribution in [2.24, 2.45) is 11.8 Å². The van der Waals surface area contributed by atoms with E-state index < -0.39 is 11.7 Å². The zero-order chi connectivity index (χ0) is 19.1. The molecule has 4 heteroatoms. The first-order valence-electron chi connectivity index (χ1n) is 9.87. The molecule has 0 radical (unpaired) electrons. The van der Waals surface area contributed by atoms with E-state index in [2.05, 4.69) is 19.9 Å². The van der Waals surface area contributed by atoms with Crippen molar-refractivity contribution >= 4 is 22.9 Å². The van der Waals surface area contributed by atoms with Gasteiger partial charge in [0.1, 0.15) is 0 Å². The van der Waals surface area contributed by atoms with Crippen LogP contribution in [-0.2, 0) is 14.3 Å². The van der Waals surface area contributed by atoms with E-state index in [-0.39, 0.29) is 5.97 Å². The van der Waals surface area contributed by atoms with Gasteiger partial charge in [0, 0.05) is 15.3 Å². The highest BCUT2D eigenvalue weighted by Gasteiger charge is 2.37. The van der Waals surface area contributed by atoms with Crippen LogP contribution in [0.4, 0.5) is 0 Å². The van der Waals surface area contributed by atoms with Gasteiger partial charge in [-0.05, 0) is 90.2 Å². The lowest BCUT2D eigenvalue weighted by Gasteiger charge is -2.37. The summed E-state index contributed by atoms with van der Waals surface area (Å²) in [6, 6.07) is 0. The Kier molecular flexibility index (Phi) is 5.64. The van der Waals surface area contributed by atoms with Crippen LogP contribution >= 0.6 is 11.3 Å². The van der Waals surface area contributed by atoms with E-state index in [1.54, 1.807) is 11.3 Å². The maximum Gasteiger partial charge on any atom is 0.340 e. The number of rotatable bonds is 5. The second-order valence-corrected chi connectivity index (χ2v) is 10.0. The predicted molar refractivity (Wildman–Crippen MR) is 107 cm³/mol. The number of carbonyl (C=O) groups excluding carboxylic acids is 1. The fraction of sp³-hybridized carbons (Fsp3) is 0.682. The number of aryl methyl sites for hydroxylation is 2. The third-order valence-electron chi connectivity index (χ3n) is 5.46. The monoisotopic (exact) mass is 376 g/mol. The second kappa shape index (κ2) is 7.47. The van der Waals surface area contributed by atoms with E-state index in [1.165, 1.54) is 46.6 Å². The molecular weight excluding hydrogens is 344 g/mol. The van der Waals surface area contributed by atoms with Gasteiger partial charge in [-0.2, -0.15) is 0 Å². The molecule has 1 aromatic rings. The first kappa shape index (κ1) is 19.6. The Morgan fingerprint density at radius 3 is 2.35 bits per heavy atom. The topological polar surface area (TPSA) is 35.5 Å². The van der Waals surface area contributed by atoms with Crippen molar-refractivity contribution < 1.29 is 14.3 Å². The Bertz CT molecular complexity index is 700. The van der Waals surface area contributed by atoms with Gasteiger partial charge in [-0.15, -0.1) is 11.3 Å². The van der Waals surface area contributed by atoms with Crippen molar-refractivity contribution in [1.82, 2.24) is 0 Å². The Labute approximate surface area is 161 Å². The molecule has 2 bridgehead atoms. The molecule has 1 atom stereocenters. The molecule has 0 aromatic carbocycles. The van der Waals surface area contributed by atoms with Crippen LogP contribution in [0.3, 0.4) is 0 Å². The highest BCUT2D eigenvalue weighted by Crippen LogP contribution is 2.49. The third-order valence-corrected chi connectivity index (χ3v) is 6.49. The quantitative estimate of drug-likeness (QED) is 0.592. The zero-order valence-electron chi connectivity index (χ0n) is 17.0. The number of hydrogen-bond donors (Lipinski definition) is 0. The molecule has 1 unspecified atom stereocenters.